The molecule has 2 aromatic rings. The topological polar surface area (TPSA) is 35.9 Å². The van der Waals surface area contributed by atoms with Crippen LogP contribution in [0.4, 0.5) is 4.39 Å². The molecule has 2 aromatic carbocycles. The predicted molar refractivity (Wildman–Crippen MR) is 117 cm³/mol. The summed E-state index contributed by atoms with van der Waals surface area (Å²) in [7, 11) is 2.14. The average Bonchev–Trinajstić information content (AvgIpc) is 2.72. The molecule has 2 heterocycles. The van der Waals surface area contributed by atoms with E-state index in [1.54, 1.807) is 12.1 Å². The quantitative estimate of drug-likeness (QED) is 0.762. The maximum atomic E-state index is 14.1. The number of aliphatic hydroxyl groups is 1. The van der Waals surface area contributed by atoms with Gasteiger partial charge < -0.3 is 14.7 Å². The van der Waals surface area contributed by atoms with Gasteiger partial charge in [-0.1, -0.05) is 35.9 Å². The molecule has 0 aliphatic carbocycles. The van der Waals surface area contributed by atoms with Gasteiger partial charge in [0, 0.05) is 42.7 Å². The van der Waals surface area contributed by atoms with Crippen LogP contribution in [0.3, 0.4) is 0 Å². The largest absolute Gasteiger partial charge is 0.488 e. The van der Waals surface area contributed by atoms with Gasteiger partial charge in [-0.3, -0.25) is 4.90 Å². The van der Waals surface area contributed by atoms with Gasteiger partial charge in [0.25, 0.3) is 0 Å². The Balaban J connectivity index is 1.46. The van der Waals surface area contributed by atoms with Gasteiger partial charge in [0.1, 0.15) is 18.2 Å². The van der Waals surface area contributed by atoms with E-state index in [1.165, 1.54) is 6.07 Å². The molecule has 1 N–H and O–H groups in total. The van der Waals surface area contributed by atoms with Crippen molar-refractivity contribution in [3.05, 3.63) is 64.4 Å². The fraction of sp³-hybridized carbons (Fsp3) is 0.500. The van der Waals surface area contributed by atoms with Gasteiger partial charge in [0.2, 0.25) is 0 Å². The Kier molecular flexibility index (Phi) is 6.63. The molecule has 162 valence electrons. The first kappa shape index (κ1) is 21.6. The zero-order chi connectivity index (χ0) is 21.1. The summed E-state index contributed by atoms with van der Waals surface area (Å²) in [4.78, 5) is 4.76. The molecule has 0 unspecified atom stereocenters. The number of benzene rings is 2. The van der Waals surface area contributed by atoms with Crippen LogP contribution in [0.25, 0.3) is 0 Å². The number of likely N-dealkylation sites (tertiary alicyclic amines) is 2. The Hall–Kier alpha value is -1.66. The SMILES string of the molecule is CN1CC[C@H](O)[C@@]2(CCCN(Cc3ccccc3OCc3c(F)cccc3Cl)C2)C1. The highest BCUT2D eigenvalue weighted by molar-refractivity contribution is 6.31. The maximum absolute atomic E-state index is 14.1. The van der Waals surface area contributed by atoms with Crippen LogP contribution in [0.2, 0.25) is 5.02 Å². The van der Waals surface area contributed by atoms with Crippen molar-refractivity contribution < 1.29 is 14.2 Å². The van der Waals surface area contributed by atoms with Crippen LogP contribution in [0.15, 0.2) is 42.5 Å². The summed E-state index contributed by atoms with van der Waals surface area (Å²) in [5.41, 5.74) is 1.39. The van der Waals surface area contributed by atoms with Crippen LogP contribution in [-0.4, -0.2) is 54.2 Å². The molecule has 2 aliphatic rings. The summed E-state index contributed by atoms with van der Waals surface area (Å²) in [6.45, 7) is 4.62. The number of rotatable bonds is 5. The molecule has 0 saturated carbocycles. The molecule has 0 bridgehead atoms. The second-order valence-corrected chi connectivity index (χ2v) is 9.22. The number of para-hydroxylation sites is 1. The predicted octanol–water partition coefficient (Wildman–Crippen LogP) is 4.34. The number of nitrogens with zero attached hydrogens (tertiary/aromatic N) is 2. The van der Waals surface area contributed by atoms with E-state index in [2.05, 4.69) is 22.9 Å². The van der Waals surface area contributed by atoms with E-state index in [0.29, 0.717) is 10.6 Å². The second kappa shape index (κ2) is 9.23. The van der Waals surface area contributed by atoms with Crippen molar-refractivity contribution in [3.8, 4) is 5.75 Å². The monoisotopic (exact) mass is 432 g/mol. The fourth-order valence-corrected chi connectivity index (χ4v) is 5.22. The zero-order valence-electron chi connectivity index (χ0n) is 17.5. The van der Waals surface area contributed by atoms with Crippen molar-refractivity contribution in [2.45, 2.75) is 38.5 Å². The first-order valence-corrected chi connectivity index (χ1v) is 11.1. The summed E-state index contributed by atoms with van der Waals surface area (Å²) >= 11 is 6.14. The Morgan fingerprint density at radius 2 is 2.00 bits per heavy atom. The molecule has 4 rings (SSSR count). The smallest absolute Gasteiger partial charge is 0.131 e. The van der Waals surface area contributed by atoms with Crippen LogP contribution in [-0.2, 0) is 13.2 Å². The Labute approximate surface area is 183 Å². The number of hydrogen-bond donors (Lipinski definition) is 1. The van der Waals surface area contributed by atoms with E-state index >= 15 is 0 Å². The molecule has 1 spiro atoms. The molecule has 30 heavy (non-hydrogen) atoms. The Bertz CT molecular complexity index is 860. The first-order valence-electron chi connectivity index (χ1n) is 10.7. The fourth-order valence-electron chi connectivity index (χ4n) is 5.00. The van der Waals surface area contributed by atoms with Crippen molar-refractivity contribution in [2.75, 3.05) is 33.2 Å². The molecule has 2 fully saturated rings. The van der Waals surface area contributed by atoms with Gasteiger partial charge in [0.15, 0.2) is 0 Å². The minimum atomic E-state index is -0.353. The standard InChI is InChI=1S/C24H30ClFN2O2/c1-27-13-10-23(29)24(16-27)11-5-12-28(17-24)14-18-6-2-3-9-22(18)30-15-19-20(25)7-4-8-21(19)26/h2-4,6-9,23,29H,5,10-17H2,1H3/t23-,24-/m0/s1. The lowest BCUT2D eigenvalue weighted by Gasteiger charge is -2.50. The van der Waals surface area contributed by atoms with Crippen molar-refractivity contribution >= 4 is 11.6 Å². The molecule has 2 saturated heterocycles. The summed E-state index contributed by atoms with van der Waals surface area (Å²) in [5.74, 6) is 0.395. The second-order valence-electron chi connectivity index (χ2n) is 8.82. The van der Waals surface area contributed by atoms with Crippen LogP contribution < -0.4 is 4.74 Å². The lowest BCUT2D eigenvalue weighted by atomic mass is 9.71. The van der Waals surface area contributed by atoms with Gasteiger partial charge in [0.05, 0.1) is 11.1 Å². The lowest BCUT2D eigenvalue weighted by molar-refractivity contribution is -0.0808. The third-order valence-corrected chi connectivity index (χ3v) is 6.92. The minimum absolute atomic E-state index is 0.0538. The van der Waals surface area contributed by atoms with E-state index < -0.39 is 0 Å². The maximum Gasteiger partial charge on any atom is 0.131 e. The third-order valence-electron chi connectivity index (χ3n) is 6.56. The van der Waals surface area contributed by atoms with E-state index in [9.17, 15) is 9.50 Å². The molecule has 0 radical (unpaired) electrons. The zero-order valence-corrected chi connectivity index (χ0v) is 18.2. The van der Waals surface area contributed by atoms with Gasteiger partial charge in [-0.2, -0.15) is 0 Å². The van der Waals surface area contributed by atoms with Crippen LogP contribution in [0.5, 0.6) is 5.75 Å². The number of halogens is 2. The summed E-state index contributed by atoms with van der Waals surface area (Å²) < 4.78 is 20.1. The normalized spacial score (nSPS) is 25.5. The molecule has 2 atom stereocenters. The van der Waals surface area contributed by atoms with E-state index in [4.69, 9.17) is 16.3 Å². The van der Waals surface area contributed by atoms with Crippen LogP contribution in [0.1, 0.15) is 30.4 Å². The molecular weight excluding hydrogens is 403 g/mol. The molecule has 6 heteroatoms. The van der Waals surface area contributed by atoms with Gasteiger partial charge in [-0.05, 0) is 51.1 Å². The first-order chi connectivity index (χ1) is 14.5. The summed E-state index contributed by atoms with van der Waals surface area (Å²) in [5, 5.41) is 11.2. The van der Waals surface area contributed by atoms with Gasteiger partial charge in [-0.25, -0.2) is 4.39 Å². The average molecular weight is 433 g/mol. The summed E-state index contributed by atoms with van der Waals surface area (Å²) in [6, 6.07) is 12.6. The van der Waals surface area contributed by atoms with E-state index in [1.807, 2.05) is 18.2 Å². The number of hydrogen-bond acceptors (Lipinski definition) is 4. The lowest BCUT2D eigenvalue weighted by Crippen LogP contribution is -2.58. The molecule has 0 amide bonds. The van der Waals surface area contributed by atoms with E-state index in [-0.39, 0.29) is 23.9 Å². The molecule has 2 aliphatic heterocycles. The third kappa shape index (κ3) is 4.65. The highest BCUT2D eigenvalue weighted by Crippen LogP contribution is 2.39. The van der Waals surface area contributed by atoms with Gasteiger partial charge >= 0.3 is 0 Å². The summed E-state index contributed by atoms with van der Waals surface area (Å²) in [6.07, 6.45) is 2.75. The number of ether oxygens (including phenoxy) is 1. The highest BCUT2D eigenvalue weighted by atomic mass is 35.5. The van der Waals surface area contributed by atoms with Crippen molar-refractivity contribution in [2.24, 2.45) is 5.41 Å². The Morgan fingerprint density at radius 3 is 2.83 bits per heavy atom. The molecular formula is C24H30ClFN2O2. The number of aliphatic hydroxyl groups excluding tert-OH is 1. The van der Waals surface area contributed by atoms with Crippen molar-refractivity contribution in [1.29, 1.82) is 0 Å². The highest BCUT2D eigenvalue weighted by Gasteiger charge is 2.44. The van der Waals surface area contributed by atoms with Crippen molar-refractivity contribution in [3.63, 3.8) is 0 Å². The van der Waals surface area contributed by atoms with Crippen molar-refractivity contribution in [1.82, 2.24) is 9.80 Å². The molecule has 0 aromatic heterocycles. The van der Waals surface area contributed by atoms with Gasteiger partial charge in [-0.15, -0.1) is 0 Å². The van der Waals surface area contributed by atoms with E-state index in [0.717, 1.165) is 63.3 Å². The number of piperidine rings is 2. The Morgan fingerprint density at radius 1 is 1.17 bits per heavy atom. The van der Waals surface area contributed by atoms with Crippen LogP contribution in [0, 0.1) is 11.2 Å². The minimum Gasteiger partial charge on any atom is -0.488 e. The van der Waals surface area contributed by atoms with Crippen LogP contribution >= 0.6 is 11.6 Å². The molecule has 4 nitrogen and oxygen atoms in total.